The largest absolute Gasteiger partial charge is 0.383 e. The first-order valence-electron chi connectivity index (χ1n) is 9.09. The van der Waals surface area contributed by atoms with Crippen molar-refractivity contribution in [3.8, 4) is 0 Å². The second-order valence-electron chi connectivity index (χ2n) is 9.58. The summed E-state index contributed by atoms with van der Waals surface area (Å²) in [6.45, 7) is 15.4. The van der Waals surface area contributed by atoms with E-state index in [1.807, 2.05) is 6.92 Å². The van der Waals surface area contributed by atoms with Gasteiger partial charge >= 0.3 is 0 Å². The summed E-state index contributed by atoms with van der Waals surface area (Å²) in [6.07, 6.45) is 8.90. The van der Waals surface area contributed by atoms with E-state index in [2.05, 4.69) is 34.3 Å². The highest BCUT2D eigenvalue weighted by atomic mass is 16.5. The lowest BCUT2D eigenvalue weighted by atomic mass is 9.45. The van der Waals surface area contributed by atoms with Crippen LogP contribution in [0.3, 0.4) is 0 Å². The van der Waals surface area contributed by atoms with Gasteiger partial charge in [-0.1, -0.05) is 33.3 Å². The maximum absolute atomic E-state index is 10.6. The molecule has 0 aromatic carbocycles. The first kappa shape index (κ1) is 16.5. The van der Waals surface area contributed by atoms with Gasteiger partial charge in [0, 0.05) is 0 Å². The van der Waals surface area contributed by atoms with Crippen LogP contribution in [0, 0.1) is 22.7 Å². The zero-order valence-corrected chi connectivity index (χ0v) is 15.1. The van der Waals surface area contributed by atoms with Gasteiger partial charge < -0.3 is 9.84 Å². The molecule has 1 heterocycles. The van der Waals surface area contributed by atoms with Gasteiger partial charge in [-0.15, -0.1) is 6.58 Å². The molecule has 6 atom stereocenters. The quantitative estimate of drug-likeness (QED) is 0.748. The topological polar surface area (TPSA) is 29.5 Å². The molecule has 1 saturated heterocycles. The van der Waals surface area contributed by atoms with Crippen LogP contribution >= 0.6 is 0 Å². The molecule has 2 aliphatic carbocycles. The van der Waals surface area contributed by atoms with Crippen molar-refractivity contribution < 1.29 is 9.84 Å². The van der Waals surface area contributed by atoms with Crippen LogP contribution in [0.4, 0.5) is 0 Å². The summed E-state index contributed by atoms with van der Waals surface area (Å²) in [6, 6.07) is 0. The van der Waals surface area contributed by atoms with E-state index >= 15 is 0 Å². The molecule has 2 saturated carbocycles. The molecule has 3 rings (SSSR count). The molecule has 3 fully saturated rings. The smallest absolute Gasteiger partial charge is 0.106 e. The lowest BCUT2D eigenvalue weighted by Gasteiger charge is -2.60. The fraction of sp³-hybridized carbons (Fsp3) is 0.900. The minimum absolute atomic E-state index is 0.0731. The molecule has 0 radical (unpaired) electrons. The zero-order valence-electron chi connectivity index (χ0n) is 15.1. The van der Waals surface area contributed by atoms with Gasteiger partial charge in [0.2, 0.25) is 0 Å². The molecule has 0 amide bonds. The minimum atomic E-state index is -0.920. The summed E-state index contributed by atoms with van der Waals surface area (Å²) < 4.78 is 6.47. The summed E-state index contributed by atoms with van der Waals surface area (Å²) in [7, 11) is 0. The van der Waals surface area contributed by atoms with E-state index in [1.54, 1.807) is 6.08 Å². The SMILES string of the molecule is C=C[C@@](C)(O)[C@H]1C[C@@H]2[C@@]3(C)CCCC(C)(C)[C@@H]3CC[C@@]2(C)O1. The number of ether oxygens (including phenoxy) is 1. The van der Waals surface area contributed by atoms with Crippen LogP contribution < -0.4 is 0 Å². The third kappa shape index (κ3) is 2.21. The fourth-order valence-corrected chi connectivity index (χ4v) is 6.34. The number of hydrogen-bond acceptors (Lipinski definition) is 2. The first-order chi connectivity index (χ1) is 10.1. The van der Waals surface area contributed by atoms with Gasteiger partial charge in [0.05, 0.1) is 11.7 Å². The summed E-state index contributed by atoms with van der Waals surface area (Å²) >= 11 is 0. The van der Waals surface area contributed by atoms with Gasteiger partial charge in [-0.2, -0.15) is 0 Å². The Morgan fingerprint density at radius 3 is 2.45 bits per heavy atom. The van der Waals surface area contributed by atoms with Crippen molar-refractivity contribution in [2.24, 2.45) is 22.7 Å². The van der Waals surface area contributed by atoms with Crippen molar-refractivity contribution in [3.05, 3.63) is 12.7 Å². The zero-order chi connectivity index (χ0) is 16.4. The van der Waals surface area contributed by atoms with E-state index in [-0.39, 0.29) is 11.7 Å². The third-order valence-electron chi connectivity index (χ3n) is 7.66. The normalized spacial score (nSPS) is 49.8. The van der Waals surface area contributed by atoms with E-state index in [0.29, 0.717) is 16.7 Å². The van der Waals surface area contributed by atoms with Gasteiger partial charge in [0.15, 0.2) is 0 Å². The van der Waals surface area contributed by atoms with Crippen LogP contribution in [0.5, 0.6) is 0 Å². The standard InChI is InChI=1S/C20H34O2/c1-7-19(5,21)16-13-15-18(4)11-8-10-17(2,3)14(18)9-12-20(15,6)22-16/h7,14-16,21H,1,8-13H2,2-6H3/t14-,15+,16+,18-,19+,20+/m0/s1. The van der Waals surface area contributed by atoms with Crippen molar-refractivity contribution in [1.82, 2.24) is 0 Å². The molecule has 0 unspecified atom stereocenters. The lowest BCUT2D eigenvalue weighted by molar-refractivity contribution is -0.168. The molecule has 2 nitrogen and oxygen atoms in total. The monoisotopic (exact) mass is 306 g/mol. The second-order valence-corrected chi connectivity index (χ2v) is 9.58. The fourth-order valence-electron chi connectivity index (χ4n) is 6.34. The summed E-state index contributed by atoms with van der Waals surface area (Å²) in [5, 5.41) is 10.6. The molecule has 1 N–H and O–H groups in total. The maximum Gasteiger partial charge on any atom is 0.106 e. The van der Waals surface area contributed by atoms with Gasteiger partial charge in [-0.05, 0) is 68.6 Å². The van der Waals surface area contributed by atoms with Crippen molar-refractivity contribution in [2.45, 2.75) is 90.4 Å². The Morgan fingerprint density at radius 2 is 1.82 bits per heavy atom. The highest BCUT2D eigenvalue weighted by Gasteiger charge is 2.63. The van der Waals surface area contributed by atoms with Crippen molar-refractivity contribution in [1.29, 1.82) is 0 Å². The van der Waals surface area contributed by atoms with Crippen molar-refractivity contribution in [2.75, 3.05) is 0 Å². The number of rotatable bonds is 2. The average molecular weight is 306 g/mol. The average Bonchev–Trinajstić information content (AvgIpc) is 2.78. The Bertz CT molecular complexity index is 466. The van der Waals surface area contributed by atoms with Crippen LogP contribution in [0.1, 0.15) is 73.1 Å². The second kappa shape index (κ2) is 4.83. The van der Waals surface area contributed by atoms with E-state index in [4.69, 9.17) is 4.74 Å². The molecular formula is C20H34O2. The van der Waals surface area contributed by atoms with Crippen LogP contribution in [-0.4, -0.2) is 22.4 Å². The molecular weight excluding hydrogens is 272 g/mol. The van der Waals surface area contributed by atoms with E-state index < -0.39 is 5.60 Å². The molecule has 0 bridgehead atoms. The minimum Gasteiger partial charge on any atom is -0.383 e. The van der Waals surface area contributed by atoms with Crippen LogP contribution in [0.2, 0.25) is 0 Å². The summed E-state index contributed by atoms with van der Waals surface area (Å²) in [5.41, 5.74) is -0.207. The Morgan fingerprint density at radius 1 is 1.14 bits per heavy atom. The molecule has 3 aliphatic rings. The van der Waals surface area contributed by atoms with Gasteiger partial charge in [-0.25, -0.2) is 0 Å². The predicted octanol–water partition coefficient (Wildman–Crippen LogP) is 4.71. The van der Waals surface area contributed by atoms with Crippen molar-refractivity contribution in [3.63, 3.8) is 0 Å². The number of aliphatic hydroxyl groups is 1. The highest BCUT2D eigenvalue weighted by Crippen LogP contribution is 2.66. The van der Waals surface area contributed by atoms with Gasteiger partial charge in [0.25, 0.3) is 0 Å². The molecule has 0 aromatic heterocycles. The van der Waals surface area contributed by atoms with E-state index in [0.717, 1.165) is 18.8 Å². The van der Waals surface area contributed by atoms with Crippen LogP contribution in [0.25, 0.3) is 0 Å². The number of hydrogen-bond donors (Lipinski definition) is 1. The number of fused-ring (bicyclic) bond motifs is 3. The third-order valence-corrected chi connectivity index (χ3v) is 7.66. The van der Waals surface area contributed by atoms with Crippen LogP contribution in [0.15, 0.2) is 12.7 Å². The Hall–Kier alpha value is -0.340. The van der Waals surface area contributed by atoms with Crippen molar-refractivity contribution >= 4 is 0 Å². The predicted molar refractivity (Wildman–Crippen MR) is 90.7 cm³/mol. The molecule has 22 heavy (non-hydrogen) atoms. The van der Waals surface area contributed by atoms with Gasteiger partial charge in [0.1, 0.15) is 5.60 Å². The summed E-state index contributed by atoms with van der Waals surface area (Å²) in [4.78, 5) is 0. The lowest BCUT2D eigenvalue weighted by Crippen LogP contribution is -2.55. The molecule has 1 aliphatic heterocycles. The van der Waals surface area contributed by atoms with E-state index in [9.17, 15) is 5.11 Å². The molecule has 2 heteroatoms. The Balaban J connectivity index is 1.94. The molecule has 0 aromatic rings. The van der Waals surface area contributed by atoms with E-state index in [1.165, 1.54) is 25.7 Å². The molecule has 126 valence electrons. The van der Waals surface area contributed by atoms with Gasteiger partial charge in [-0.3, -0.25) is 0 Å². The highest BCUT2D eigenvalue weighted by molar-refractivity contribution is 5.14. The van der Waals surface area contributed by atoms with Crippen LogP contribution in [-0.2, 0) is 4.74 Å². The summed E-state index contributed by atoms with van der Waals surface area (Å²) in [5.74, 6) is 1.33. The first-order valence-corrected chi connectivity index (χ1v) is 9.09. The Labute approximate surface area is 136 Å². The Kier molecular flexibility index (Phi) is 3.63. The maximum atomic E-state index is 10.6. The molecule has 0 spiro atoms.